The summed E-state index contributed by atoms with van der Waals surface area (Å²) in [7, 11) is -0.700. The van der Waals surface area contributed by atoms with E-state index in [1.165, 1.54) is 19.2 Å². The second kappa shape index (κ2) is 10.3. The Labute approximate surface area is 159 Å². The molecule has 0 atom stereocenters. The second-order valence-electron chi connectivity index (χ2n) is 5.77. The predicted octanol–water partition coefficient (Wildman–Crippen LogP) is 2.73. The van der Waals surface area contributed by atoms with Crippen molar-refractivity contribution < 1.29 is 17.9 Å². The van der Waals surface area contributed by atoms with Gasteiger partial charge in [-0.15, -0.1) is 0 Å². The molecule has 0 spiro atoms. The largest absolute Gasteiger partial charge is 0.383 e. The topological polar surface area (TPSA) is 66.9 Å². The lowest BCUT2D eigenvalue weighted by molar-refractivity contribution is -0.134. The third-order valence-electron chi connectivity index (χ3n) is 4.12. The van der Waals surface area contributed by atoms with Crippen LogP contribution >= 0.6 is 15.9 Å². The molecular formula is C17H27BrN2O4S. The van der Waals surface area contributed by atoms with E-state index in [1.807, 2.05) is 13.8 Å². The first-order chi connectivity index (χ1) is 11.8. The lowest BCUT2D eigenvalue weighted by Gasteiger charge is -2.31. The van der Waals surface area contributed by atoms with Gasteiger partial charge in [-0.25, -0.2) is 8.42 Å². The van der Waals surface area contributed by atoms with Gasteiger partial charge in [0.1, 0.15) is 0 Å². The first kappa shape index (κ1) is 22.1. The van der Waals surface area contributed by atoms with Crippen molar-refractivity contribution in [3.8, 4) is 0 Å². The average Bonchev–Trinajstić information content (AvgIpc) is 2.58. The summed E-state index contributed by atoms with van der Waals surface area (Å²) in [4.78, 5) is 14.6. The number of benzene rings is 1. The summed E-state index contributed by atoms with van der Waals surface area (Å²) in [5.41, 5.74) is 0. The van der Waals surface area contributed by atoms with Crippen LogP contribution in [0, 0.1) is 0 Å². The number of methoxy groups -OCH3 is 1. The van der Waals surface area contributed by atoms with E-state index in [0.29, 0.717) is 13.2 Å². The van der Waals surface area contributed by atoms with E-state index < -0.39 is 10.0 Å². The van der Waals surface area contributed by atoms with Crippen molar-refractivity contribution in [3.63, 3.8) is 0 Å². The maximum absolute atomic E-state index is 12.7. The molecule has 1 aromatic rings. The van der Waals surface area contributed by atoms with Crippen LogP contribution in [0.25, 0.3) is 0 Å². The van der Waals surface area contributed by atoms with Gasteiger partial charge in [0.05, 0.1) is 18.0 Å². The molecule has 1 aromatic carbocycles. The summed E-state index contributed by atoms with van der Waals surface area (Å²) in [5.74, 6) is -0.214. The number of hydrogen-bond acceptors (Lipinski definition) is 4. The molecule has 0 fully saturated rings. The van der Waals surface area contributed by atoms with Gasteiger partial charge in [-0.05, 0) is 37.1 Å². The number of hydrogen-bond donors (Lipinski definition) is 0. The number of nitrogens with zero attached hydrogens (tertiary/aromatic N) is 2. The minimum absolute atomic E-state index is 0.0754. The van der Waals surface area contributed by atoms with Gasteiger partial charge >= 0.3 is 0 Å². The van der Waals surface area contributed by atoms with Gasteiger partial charge < -0.3 is 9.64 Å². The zero-order valence-corrected chi connectivity index (χ0v) is 17.6. The molecule has 1 amide bonds. The number of amides is 1. The number of carbonyl (C=O) groups excluding carboxylic acids is 1. The van der Waals surface area contributed by atoms with E-state index >= 15 is 0 Å². The highest BCUT2D eigenvalue weighted by Gasteiger charge is 2.27. The quantitative estimate of drug-likeness (QED) is 0.567. The second-order valence-corrected chi connectivity index (χ2v) is 8.73. The van der Waals surface area contributed by atoms with Crippen LogP contribution in [0.4, 0.5) is 0 Å². The number of sulfonamides is 1. The van der Waals surface area contributed by atoms with Gasteiger partial charge in [-0.1, -0.05) is 29.8 Å². The van der Waals surface area contributed by atoms with Crippen LogP contribution < -0.4 is 0 Å². The fraction of sp³-hybridized carbons (Fsp3) is 0.588. The molecular weight excluding hydrogens is 408 g/mol. The molecule has 0 N–H and O–H groups in total. The monoisotopic (exact) mass is 434 g/mol. The summed E-state index contributed by atoms with van der Waals surface area (Å²) < 4.78 is 32.3. The molecule has 0 saturated heterocycles. The minimum atomic E-state index is -3.71. The normalized spacial score (nSPS) is 12.0. The van der Waals surface area contributed by atoms with Crippen LogP contribution in [0.1, 0.15) is 26.7 Å². The van der Waals surface area contributed by atoms with Gasteiger partial charge in [-0.3, -0.25) is 4.79 Å². The van der Waals surface area contributed by atoms with Crippen molar-refractivity contribution >= 4 is 31.9 Å². The van der Waals surface area contributed by atoms with E-state index in [9.17, 15) is 13.2 Å². The SMILES string of the molecule is CCC(CC)N(CCOC)C(=O)CN(C)S(=O)(=O)c1ccc(Br)cc1. The fourth-order valence-electron chi connectivity index (χ4n) is 2.58. The van der Waals surface area contributed by atoms with Crippen molar-refractivity contribution in [3.05, 3.63) is 28.7 Å². The maximum atomic E-state index is 12.7. The summed E-state index contributed by atoms with van der Waals surface area (Å²) in [5, 5.41) is 0. The number of carbonyl (C=O) groups is 1. The average molecular weight is 435 g/mol. The Morgan fingerprint density at radius 3 is 2.24 bits per heavy atom. The Hall–Kier alpha value is -0.960. The van der Waals surface area contributed by atoms with Crippen molar-refractivity contribution in [2.75, 3.05) is 33.9 Å². The number of rotatable bonds is 10. The molecule has 0 aromatic heterocycles. The molecule has 0 heterocycles. The lowest BCUT2D eigenvalue weighted by atomic mass is 10.1. The number of ether oxygens (including phenoxy) is 1. The molecule has 0 radical (unpaired) electrons. The third kappa shape index (κ3) is 6.06. The Balaban J connectivity index is 2.92. The number of halogens is 1. The molecule has 142 valence electrons. The molecule has 0 aliphatic heterocycles. The highest BCUT2D eigenvalue weighted by Crippen LogP contribution is 2.18. The van der Waals surface area contributed by atoms with Crippen molar-refractivity contribution in [1.82, 2.24) is 9.21 Å². The molecule has 0 unspecified atom stereocenters. The van der Waals surface area contributed by atoms with Gasteiger partial charge in [0.15, 0.2) is 0 Å². The van der Waals surface area contributed by atoms with Crippen LogP contribution in [0.5, 0.6) is 0 Å². The third-order valence-corrected chi connectivity index (χ3v) is 6.47. The standard InChI is InChI=1S/C17H27BrN2O4S/c1-5-15(6-2)20(11-12-24-4)17(21)13-19(3)25(22,23)16-9-7-14(18)8-10-16/h7-10,15H,5-6,11-13H2,1-4H3. The van der Waals surface area contributed by atoms with Crippen molar-refractivity contribution in [2.24, 2.45) is 0 Å². The van der Waals surface area contributed by atoms with E-state index in [1.54, 1.807) is 24.1 Å². The Kier molecular flexibility index (Phi) is 9.06. The smallest absolute Gasteiger partial charge is 0.243 e. The summed E-state index contributed by atoms with van der Waals surface area (Å²) in [6.45, 7) is 4.71. The van der Waals surface area contributed by atoms with Gasteiger partial charge in [-0.2, -0.15) is 4.31 Å². The molecule has 8 heteroatoms. The Morgan fingerprint density at radius 2 is 1.76 bits per heavy atom. The van der Waals surface area contributed by atoms with E-state index in [-0.39, 0.29) is 23.4 Å². The fourth-order valence-corrected chi connectivity index (χ4v) is 3.97. The zero-order valence-electron chi connectivity index (χ0n) is 15.2. The number of likely N-dealkylation sites (N-methyl/N-ethyl adjacent to an activating group) is 1. The van der Waals surface area contributed by atoms with Crippen LogP contribution in [0.3, 0.4) is 0 Å². The Bertz CT molecular complexity index is 645. The van der Waals surface area contributed by atoms with Crippen LogP contribution in [0.15, 0.2) is 33.6 Å². The summed E-state index contributed by atoms with van der Waals surface area (Å²) in [6.07, 6.45) is 1.63. The van der Waals surface area contributed by atoms with E-state index in [2.05, 4.69) is 15.9 Å². The minimum Gasteiger partial charge on any atom is -0.383 e. The molecule has 0 aliphatic carbocycles. The van der Waals surface area contributed by atoms with Crippen LogP contribution in [-0.2, 0) is 19.6 Å². The maximum Gasteiger partial charge on any atom is 0.243 e. The van der Waals surface area contributed by atoms with E-state index in [4.69, 9.17) is 4.74 Å². The van der Waals surface area contributed by atoms with Crippen molar-refractivity contribution in [1.29, 1.82) is 0 Å². The van der Waals surface area contributed by atoms with Gasteiger partial charge in [0.2, 0.25) is 15.9 Å². The first-order valence-electron chi connectivity index (χ1n) is 8.28. The van der Waals surface area contributed by atoms with E-state index in [0.717, 1.165) is 21.6 Å². The van der Waals surface area contributed by atoms with Crippen LogP contribution in [0.2, 0.25) is 0 Å². The lowest BCUT2D eigenvalue weighted by Crippen LogP contribution is -2.47. The van der Waals surface area contributed by atoms with Crippen molar-refractivity contribution in [2.45, 2.75) is 37.6 Å². The first-order valence-corrected chi connectivity index (χ1v) is 10.5. The molecule has 1 rings (SSSR count). The molecule has 25 heavy (non-hydrogen) atoms. The van der Waals surface area contributed by atoms with Crippen LogP contribution in [-0.4, -0.2) is 63.4 Å². The molecule has 0 saturated carbocycles. The zero-order chi connectivity index (χ0) is 19.0. The predicted molar refractivity (Wildman–Crippen MR) is 102 cm³/mol. The molecule has 6 nitrogen and oxygen atoms in total. The highest BCUT2D eigenvalue weighted by molar-refractivity contribution is 9.10. The summed E-state index contributed by atoms with van der Waals surface area (Å²) in [6, 6.07) is 6.44. The molecule has 0 aliphatic rings. The Morgan fingerprint density at radius 1 is 1.20 bits per heavy atom. The summed E-state index contributed by atoms with van der Waals surface area (Å²) >= 11 is 3.28. The highest BCUT2D eigenvalue weighted by atomic mass is 79.9. The van der Waals surface area contributed by atoms with Gasteiger partial charge in [0, 0.05) is 31.2 Å². The molecule has 0 bridgehead atoms. The van der Waals surface area contributed by atoms with Gasteiger partial charge in [0.25, 0.3) is 0 Å².